The van der Waals surface area contributed by atoms with Crippen LogP contribution in [0.1, 0.15) is 71.3 Å². The molecule has 2 aromatic heterocycles. The van der Waals surface area contributed by atoms with Gasteiger partial charge < -0.3 is 16.0 Å². The van der Waals surface area contributed by atoms with Gasteiger partial charge in [-0.2, -0.15) is 4.98 Å². The van der Waals surface area contributed by atoms with Crippen molar-refractivity contribution in [3.8, 4) is 0 Å². The van der Waals surface area contributed by atoms with Crippen LogP contribution in [0.25, 0.3) is 5.65 Å². The number of hydrogen-bond donors (Lipinski definition) is 3. The lowest BCUT2D eigenvalue weighted by Crippen LogP contribution is -2.26. The van der Waals surface area contributed by atoms with E-state index in [2.05, 4.69) is 33.0 Å². The number of carbonyl (C=O) groups excluding carboxylic acids is 1. The van der Waals surface area contributed by atoms with Crippen molar-refractivity contribution in [1.29, 1.82) is 0 Å². The number of nitrogens with one attached hydrogen (secondary N) is 3. The van der Waals surface area contributed by atoms with Crippen molar-refractivity contribution in [3.63, 3.8) is 0 Å². The van der Waals surface area contributed by atoms with Crippen LogP contribution in [-0.4, -0.2) is 32.0 Å². The number of anilines is 4. The molecule has 34 heavy (non-hydrogen) atoms. The third-order valence-corrected chi connectivity index (χ3v) is 7.53. The molecule has 180 valence electrons. The van der Waals surface area contributed by atoms with Gasteiger partial charge in [-0.15, -0.1) is 5.10 Å². The fraction of sp³-hybridized carbons (Fsp3) is 0.538. The van der Waals surface area contributed by atoms with Crippen molar-refractivity contribution < 1.29 is 4.79 Å². The van der Waals surface area contributed by atoms with Gasteiger partial charge in [-0.05, 0) is 49.8 Å². The maximum absolute atomic E-state index is 12.3. The van der Waals surface area contributed by atoms with Crippen molar-refractivity contribution in [2.45, 2.75) is 71.1 Å². The monoisotopic (exact) mass is 461 g/mol. The number of aromatic nitrogens is 4. The minimum atomic E-state index is -0.519. The number of rotatable bonds is 8. The topological polar surface area (TPSA) is 96.2 Å². The van der Waals surface area contributed by atoms with Gasteiger partial charge >= 0.3 is 0 Å². The van der Waals surface area contributed by atoms with Crippen LogP contribution in [0.4, 0.5) is 23.1 Å². The second kappa shape index (κ2) is 9.24. The molecule has 1 atom stereocenters. The summed E-state index contributed by atoms with van der Waals surface area (Å²) >= 11 is 0. The zero-order chi connectivity index (χ0) is 23.7. The van der Waals surface area contributed by atoms with E-state index in [0.29, 0.717) is 17.5 Å². The van der Waals surface area contributed by atoms with E-state index in [-0.39, 0.29) is 5.91 Å². The number of hydrogen-bond acceptors (Lipinski definition) is 6. The van der Waals surface area contributed by atoms with Crippen molar-refractivity contribution >= 4 is 34.7 Å². The SMILES string of the molecule is CCCC(CNc1nccn2nc(Nc3ccc4c(c3)NC(=O)C4(C)C)nc12)C1CCCCC1. The van der Waals surface area contributed by atoms with Crippen LogP contribution in [0.5, 0.6) is 0 Å². The van der Waals surface area contributed by atoms with Crippen LogP contribution >= 0.6 is 0 Å². The third-order valence-electron chi connectivity index (χ3n) is 7.53. The zero-order valence-corrected chi connectivity index (χ0v) is 20.4. The number of amides is 1. The molecule has 8 nitrogen and oxygen atoms in total. The molecule has 0 radical (unpaired) electrons. The lowest BCUT2D eigenvalue weighted by Gasteiger charge is -2.30. The molecule has 5 rings (SSSR count). The summed E-state index contributed by atoms with van der Waals surface area (Å²) in [5.74, 6) is 2.75. The fourth-order valence-electron chi connectivity index (χ4n) is 5.50. The van der Waals surface area contributed by atoms with Crippen LogP contribution in [0.2, 0.25) is 0 Å². The first-order chi connectivity index (χ1) is 16.5. The largest absolute Gasteiger partial charge is 0.367 e. The van der Waals surface area contributed by atoms with Gasteiger partial charge in [0.1, 0.15) is 0 Å². The Hall–Kier alpha value is -3.16. The summed E-state index contributed by atoms with van der Waals surface area (Å²) < 4.78 is 1.76. The van der Waals surface area contributed by atoms with Crippen LogP contribution < -0.4 is 16.0 Å². The first-order valence-corrected chi connectivity index (χ1v) is 12.6. The standard InChI is InChI=1S/C26H35N7O/c1-4-8-18(17-9-6-5-7-10-17)16-28-22-23-31-25(32-33(23)14-13-27-22)29-19-11-12-20-21(15-19)30-24(34)26(20,2)3/h11-15,17-18H,4-10,16H2,1-3H3,(H,27,28)(H,29,32)(H,30,34). The van der Waals surface area contributed by atoms with E-state index >= 15 is 0 Å². The van der Waals surface area contributed by atoms with Gasteiger partial charge in [0.15, 0.2) is 11.5 Å². The van der Waals surface area contributed by atoms with E-state index in [1.807, 2.05) is 38.2 Å². The molecule has 1 aliphatic heterocycles. The molecule has 1 amide bonds. The molecular formula is C26H35N7O. The van der Waals surface area contributed by atoms with E-state index in [1.54, 1.807) is 10.7 Å². The Balaban J connectivity index is 1.32. The first kappa shape index (κ1) is 22.6. The number of nitrogens with zero attached hydrogens (tertiary/aromatic N) is 4. The molecule has 1 aromatic carbocycles. The fourth-order valence-corrected chi connectivity index (χ4v) is 5.50. The molecule has 1 unspecified atom stereocenters. The van der Waals surface area contributed by atoms with Crippen molar-refractivity contribution in [2.24, 2.45) is 11.8 Å². The van der Waals surface area contributed by atoms with Crippen LogP contribution in [0.3, 0.4) is 0 Å². The molecule has 1 aliphatic carbocycles. The summed E-state index contributed by atoms with van der Waals surface area (Å²) in [4.78, 5) is 21.5. The van der Waals surface area contributed by atoms with E-state index in [0.717, 1.165) is 35.2 Å². The van der Waals surface area contributed by atoms with Gasteiger partial charge in [0.05, 0.1) is 5.41 Å². The number of fused-ring (bicyclic) bond motifs is 2. The lowest BCUT2D eigenvalue weighted by molar-refractivity contribution is -0.119. The second-order valence-electron chi connectivity index (χ2n) is 10.3. The normalized spacial score (nSPS) is 18.5. The third kappa shape index (κ3) is 4.33. The highest BCUT2D eigenvalue weighted by atomic mass is 16.2. The Labute approximate surface area is 201 Å². The van der Waals surface area contributed by atoms with E-state index in [4.69, 9.17) is 4.98 Å². The van der Waals surface area contributed by atoms with Gasteiger partial charge in [0.25, 0.3) is 0 Å². The summed E-state index contributed by atoms with van der Waals surface area (Å²) in [6, 6.07) is 5.88. The van der Waals surface area contributed by atoms with Crippen LogP contribution in [0.15, 0.2) is 30.6 Å². The average molecular weight is 462 g/mol. The van der Waals surface area contributed by atoms with E-state index in [1.165, 1.54) is 44.9 Å². The predicted molar refractivity (Wildman–Crippen MR) is 136 cm³/mol. The van der Waals surface area contributed by atoms with E-state index < -0.39 is 5.41 Å². The smallest absolute Gasteiger partial charge is 0.247 e. The quantitative estimate of drug-likeness (QED) is 0.410. The molecule has 3 N–H and O–H groups in total. The van der Waals surface area contributed by atoms with Gasteiger partial charge in [-0.3, -0.25) is 4.79 Å². The number of benzene rings is 1. The summed E-state index contributed by atoms with van der Waals surface area (Å²) in [5, 5.41) is 14.4. The first-order valence-electron chi connectivity index (χ1n) is 12.6. The molecule has 8 heteroatoms. The van der Waals surface area contributed by atoms with Gasteiger partial charge in [0.2, 0.25) is 11.9 Å². The van der Waals surface area contributed by atoms with Gasteiger partial charge in [-0.25, -0.2) is 9.50 Å². The van der Waals surface area contributed by atoms with Crippen molar-refractivity contribution in [3.05, 3.63) is 36.2 Å². The molecule has 0 saturated heterocycles. The Morgan fingerprint density at radius 1 is 1.24 bits per heavy atom. The molecule has 1 saturated carbocycles. The second-order valence-corrected chi connectivity index (χ2v) is 10.3. The Bertz CT molecular complexity index is 1180. The highest BCUT2D eigenvalue weighted by Crippen LogP contribution is 2.39. The van der Waals surface area contributed by atoms with Crippen LogP contribution in [0, 0.1) is 11.8 Å². The molecule has 3 heterocycles. The molecular weight excluding hydrogens is 426 g/mol. The summed E-state index contributed by atoms with van der Waals surface area (Å²) in [6.45, 7) is 7.06. The van der Waals surface area contributed by atoms with E-state index in [9.17, 15) is 4.79 Å². The highest BCUT2D eigenvalue weighted by molar-refractivity contribution is 6.06. The molecule has 0 spiro atoms. The van der Waals surface area contributed by atoms with Crippen molar-refractivity contribution in [2.75, 3.05) is 22.5 Å². The predicted octanol–water partition coefficient (Wildman–Crippen LogP) is 5.51. The Kier molecular flexibility index (Phi) is 6.15. The molecule has 0 bridgehead atoms. The molecule has 1 fully saturated rings. The highest BCUT2D eigenvalue weighted by Gasteiger charge is 2.38. The molecule has 3 aromatic rings. The summed E-state index contributed by atoms with van der Waals surface area (Å²) in [6.07, 6.45) is 12.8. The van der Waals surface area contributed by atoms with Crippen molar-refractivity contribution in [1.82, 2.24) is 19.6 Å². The number of carbonyl (C=O) groups is 1. The lowest BCUT2D eigenvalue weighted by atomic mass is 9.78. The maximum atomic E-state index is 12.3. The average Bonchev–Trinajstić information content (AvgIpc) is 3.34. The van der Waals surface area contributed by atoms with Gasteiger partial charge in [0, 0.05) is 30.3 Å². The Morgan fingerprint density at radius 3 is 2.85 bits per heavy atom. The summed E-state index contributed by atoms with van der Waals surface area (Å²) in [7, 11) is 0. The van der Waals surface area contributed by atoms with Crippen LogP contribution in [-0.2, 0) is 10.2 Å². The maximum Gasteiger partial charge on any atom is 0.247 e. The summed E-state index contributed by atoms with van der Waals surface area (Å²) in [5.41, 5.74) is 2.85. The van der Waals surface area contributed by atoms with Gasteiger partial charge in [-0.1, -0.05) is 51.5 Å². The Morgan fingerprint density at radius 2 is 2.06 bits per heavy atom. The minimum absolute atomic E-state index is 0.0156. The zero-order valence-electron chi connectivity index (χ0n) is 20.4. The minimum Gasteiger partial charge on any atom is -0.367 e. The molecule has 2 aliphatic rings.